The molecule has 2 aliphatic rings. The molecule has 1 aromatic rings. The van der Waals surface area contributed by atoms with E-state index < -0.39 is 0 Å². The summed E-state index contributed by atoms with van der Waals surface area (Å²) >= 11 is 4.02. The van der Waals surface area contributed by atoms with Gasteiger partial charge in [-0.2, -0.15) is 23.5 Å². The van der Waals surface area contributed by atoms with Crippen molar-refractivity contribution in [2.24, 2.45) is 0 Å². The van der Waals surface area contributed by atoms with E-state index in [9.17, 15) is 0 Å². The molecule has 0 aromatic heterocycles. The van der Waals surface area contributed by atoms with E-state index in [1.165, 1.54) is 85.1 Å². The van der Waals surface area contributed by atoms with Crippen molar-refractivity contribution in [1.29, 1.82) is 0 Å². The fourth-order valence-corrected chi connectivity index (χ4v) is 6.03. The van der Waals surface area contributed by atoms with Gasteiger partial charge in [0.05, 0.1) is 13.2 Å². The highest BCUT2D eigenvalue weighted by molar-refractivity contribution is 7.98. The Bertz CT molecular complexity index is 502. The zero-order valence-corrected chi connectivity index (χ0v) is 18.2. The Labute approximate surface area is 168 Å². The van der Waals surface area contributed by atoms with E-state index in [0.717, 1.165) is 36.2 Å². The van der Waals surface area contributed by atoms with Crippen molar-refractivity contribution in [3.05, 3.63) is 22.3 Å². The SMILES string of the molecule is CCCCCCOc1c2c(c(OCCCCCC)c3c1CSC3)CSC2. The first-order valence-corrected chi connectivity index (χ1v) is 12.8. The lowest BCUT2D eigenvalue weighted by Gasteiger charge is -2.20. The summed E-state index contributed by atoms with van der Waals surface area (Å²) in [5.74, 6) is 6.79. The molecular formula is C22H34O2S2. The van der Waals surface area contributed by atoms with Crippen LogP contribution in [0.25, 0.3) is 0 Å². The normalized spacial score (nSPS) is 15.2. The molecule has 0 unspecified atom stereocenters. The zero-order chi connectivity index (χ0) is 18.2. The molecule has 26 heavy (non-hydrogen) atoms. The molecule has 4 heteroatoms. The molecule has 0 amide bonds. The van der Waals surface area contributed by atoms with E-state index in [2.05, 4.69) is 13.8 Å². The monoisotopic (exact) mass is 394 g/mol. The third-order valence-electron chi connectivity index (χ3n) is 5.30. The minimum Gasteiger partial charge on any atom is -0.493 e. The number of hydrogen-bond donors (Lipinski definition) is 0. The van der Waals surface area contributed by atoms with Gasteiger partial charge in [-0.15, -0.1) is 0 Å². The summed E-state index contributed by atoms with van der Waals surface area (Å²) in [6, 6.07) is 0. The average Bonchev–Trinajstić information content (AvgIpc) is 3.32. The summed E-state index contributed by atoms with van der Waals surface area (Å²) in [4.78, 5) is 0. The second-order valence-electron chi connectivity index (χ2n) is 7.38. The molecule has 0 aliphatic carbocycles. The first-order valence-electron chi connectivity index (χ1n) is 10.5. The number of rotatable bonds is 12. The highest BCUT2D eigenvalue weighted by Crippen LogP contribution is 2.51. The van der Waals surface area contributed by atoms with Crippen LogP contribution in [0, 0.1) is 0 Å². The van der Waals surface area contributed by atoms with Crippen molar-refractivity contribution in [3.63, 3.8) is 0 Å². The molecule has 0 atom stereocenters. The van der Waals surface area contributed by atoms with Gasteiger partial charge in [0.25, 0.3) is 0 Å². The Morgan fingerprint density at radius 3 is 1.31 bits per heavy atom. The zero-order valence-electron chi connectivity index (χ0n) is 16.5. The molecule has 0 spiro atoms. The lowest BCUT2D eigenvalue weighted by molar-refractivity contribution is 0.290. The van der Waals surface area contributed by atoms with Gasteiger partial charge in [-0.3, -0.25) is 0 Å². The van der Waals surface area contributed by atoms with Crippen LogP contribution >= 0.6 is 23.5 Å². The maximum Gasteiger partial charge on any atom is 0.128 e. The van der Waals surface area contributed by atoms with Gasteiger partial charge in [0, 0.05) is 45.3 Å². The van der Waals surface area contributed by atoms with Crippen LogP contribution < -0.4 is 9.47 Å². The molecule has 3 rings (SSSR count). The lowest BCUT2D eigenvalue weighted by atomic mass is 9.98. The van der Waals surface area contributed by atoms with Crippen LogP contribution in [0.2, 0.25) is 0 Å². The molecule has 0 fully saturated rings. The second kappa shape index (κ2) is 10.8. The van der Waals surface area contributed by atoms with E-state index in [-0.39, 0.29) is 0 Å². The number of thioether (sulfide) groups is 2. The van der Waals surface area contributed by atoms with Crippen LogP contribution in [0.4, 0.5) is 0 Å². The summed E-state index contributed by atoms with van der Waals surface area (Å²) in [6.07, 6.45) is 10.1. The topological polar surface area (TPSA) is 18.5 Å². The molecule has 2 nitrogen and oxygen atoms in total. The Morgan fingerprint density at radius 2 is 0.962 bits per heavy atom. The molecule has 2 heterocycles. The summed E-state index contributed by atoms with van der Waals surface area (Å²) in [5.41, 5.74) is 5.76. The molecule has 0 bridgehead atoms. The fourth-order valence-electron chi connectivity index (χ4n) is 3.79. The minimum absolute atomic E-state index is 0.867. The van der Waals surface area contributed by atoms with Gasteiger partial charge in [0.2, 0.25) is 0 Å². The Hall–Kier alpha value is -0.480. The highest BCUT2D eigenvalue weighted by Gasteiger charge is 2.31. The highest BCUT2D eigenvalue weighted by atomic mass is 32.2. The molecule has 0 radical (unpaired) electrons. The first-order chi connectivity index (χ1) is 12.9. The Morgan fingerprint density at radius 1 is 0.577 bits per heavy atom. The Balaban J connectivity index is 1.71. The maximum absolute atomic E-state index is 6.37. The number of fused-ring (bicyclic) bond motifs is 2. The molecular weight excluding hydrogens is 360 g/mol. The number of benzene rings is 1. The summed E-state index contributed by atoms with van der Waals surface area (Å²) in [6.45, 7) is 6.25. The van der Waals surface area contributed by atoms with Crippen LogP contribution in [0.3, 0.4) is 0 Å². The van der Waals surface area contributed by atoms with E-state index >= 15 is 0 Å². The van der Waals surface area contributed by atoms with Crippen molar-refractivity contribution in [1.82, 2.24) is 0 Å². The third-order valence-corrected chi connectivity index (χ3v) is 7.27. The molecule has 1 aromatic carbocycles. The number of unbranched alkanes of at least 4 members (excludes halogenated alkanes) is 6. The van der Waals surface area contributed by atoms with Crippen molar-refractivity contribution in [2.45, 2.75) is 88.2 Å². The maximum atomic E-state index is 6.37. The predicted octanol–water partition coefficient (Wildman–Crippen LogP) is 7.10. The lowest BCUT2D eigenvalue weighted by Crippen LogP contribution is -2.08. The molecule has 0 N–H and O–H groups in total. The van der Waals surface area contributed by atoms with Crippen LogP contribution in [0.15, 0.2) is 0 Å². The smallest absolute Gasteiger partial charge is 0.128 e. The molecule has 0 saturated heterocycles. The Kier molecular flexibility index (Phi) is 8.38. The van der Waals surface area contributed by atoms with E-state index in [1.54, 1.807) is 0 Å². The van der Waals surface area contributed by atoms with Gasteiger partial charge < -0.3 is 9.47 Å². The van der Waals surface area contributed by atoms with Crippen molar-refractivity contribution in [2.75, 3.05) is 13.2 Å². The minimum atomic E-state index is 0.867. The predicted molar refractivity (Wildman–Crippen MR) is 116 cm³/mol. The van der Waals surface area contributed by atoms with Crippen LogP contribution in [0.1, 0.15) is 87.5 Å². The third kappa shape index (κ3) is 4.86. The van der Waals surface area contributed by atoms with Crippen molar-refractivity contribution in [3.8, 4) is 11.5 Å². The summed E-state index contributed by atoms with van der Waals surface area (Å²) in [7, 11) is 0. The van der Waals surface area contributed by atoms with E-state index in [0.29, 0.717) is 0 Å². The summed E-state index contributed by atoms with van der Waals surface area (Å²) in [5, 5.41) is 0. The van der Waals surface area contributed by atoms with Gasteiger partial charge in [-0.25, -0.2) is 0 Å². The van der Waals surface area contributed by atoms with E-state index in [1.807, 2.05) is 23.5 Å². The fraction of sp³-hybridized carbons (Fsp3) is 0.727. The quantitative estimate of drug-likeness (QED) is 0.352. The second-order valence-corrected chi connectivity index (χ2v) is 9.35. The van der Waals surface area contributed by atoms with Crippen LogP contribution in [-0.4, -0.2) is 13.2 Å². The number of ether oxygens (including phenoxy) is 2. The van der Waals surface area contributed by atoms with Crippen LogP contribution in [-0.2, 0) is 23.0 Å². The van der Waals surface area contributed by atoms with Gasteiger partial charge >= 0.3 is 0 Å². The van der Waals surface area contributed by atoms with Gasteiger partial charge in [0.1, 0.15) is 11.5 Å². The van der Waals surface area contributed by atoms with Crippen LogP contribution in [0.5, 0.6) is 11.5 Å². The first kappa shape index (κ1) is 20.3. The van der Waals surface area contributed by atoms with Crippen molar-refractivity contribution < 1.29 is 9.47 Å². The standard InChI is InChI=1S/C22H34O2S2/c1-3-5-7-9-11-23-21-17-13-25-15-19(17)22(20-16-26-14-18(20)21)24-12-10-8-6-4-2/h3-16H2,1-2H3. The average molecular weight is 395 g/mol. The largest absolute Gasteiger partial charge is 0.493 e. The van der Waals surface area contributed by atoms with E-state index in [4.69, 9.17) is 9.47 Å². The van der Waals surface area contributed by atoms with Gasteiger partial charge in [0.15, 0.2) is 0 Å². The molecule has 0 saturated carbocycles. The number of hydrogen-bond acceptors (Lipinski definition) is 4. The van der Waals surface area contributed by atoms with Gasteiger partial charge in [-0.05, 0) is 12.8 Å². The summed E-state index contributed by atoms with van der Waals surface area (Å²) < 4.78 is 12.7. The molecule has 2 aliphatic heterocycles. The van der Waals surface area contributed by atoms with Gasteiger partial charge in [-0.1, -0.05) is 52.4 Å². The molecule has 146 valence electrons. The van der Waals surface area contributed by atoms with Crippen molar-refractivity contribution >= 4 is 23.5 Å².